The Hall–Kier alpha value is -1.30. The minimum Gasteiger partial charge on any atom is -0.481 e. The van der Waals surface area contributed by atoms with E-state index in [4.69, 9.17) is 5.11 Å². The summed E-state index contributed by atoms with van der Waals surface area (Å²) in [5.74, 6) is -3.68. The molecule has 76 valence electrons. The van der Waals surface area contributed by atoms with Gasteiger partial charge in [0.1, 0.15) is 17.4 Å². The lowest BCUT2D eigenvalue weighted by molar-refractivity contribution is -0.133. The minimum absolute atomic E-state index is 0.424. The number of carbonyl (C=O) groups is 1. The van der Waals surface area contributed by atoms with E-state index in [2.05, 4.69) is 0 Å². The smallest absolute Gasteiger partial charge is 0.316 e. The van der Waals surface area contributed by atoms with Gasteiger partial charge in [0.15, 0.2) is 0 Å². The molecule has 1 N–H and O–H groups in total. The van der Waals surface area contributed by atoms with Gasteiger partial charge in [0.05, 0.1) is 15.7 Å². The molecule has 0 amide bonds. The van der Waals surface area contributed by atoms with E-state index in [1.54, 1.807) is 0 Å². The molecule has 0 aliphatic rings. The highest BCUT2D eigenvalue weighted by atomic mass is 32.2. The Morgan fingerprint density at radius 1 is 1.43 bits per heavy atom. The molecule has 0 aromatic heterocycles. The van der Waals surface area contributed by atoms with Gasteiger partial charge in [-0.3, -0.25) is 9.00 Å². The van der Waals surface area contributed by atoms with E-state index >= 15 is 0 Å². The van der Waals surface area contributed by atoms with Crippen LogP contribution in [-0.2, 0) is 15.6 Å². The van der Waals surface area contributed by atoms with E-state index in [-0.39, 0.29) is 0 Å². The van der Waals surface area contributed by atoms with Crippen LogP contribution in [0.4, 0.5) is 8.78 Å². The Labute approximate surface area is 80.8 Å². The molecular formula is C8H6F2O3S. The Balaban J connectivity index is 3.00. The maximum Gasteiger partial charge on any atom is 0.316 e. The monoisotopic (exact) mass is 220 g/mol. The number of rotatable bonds is 3. The van der Waals surface area contributed by atoms with E-state index < -0.39 is 39.1 Å². The Morgan fingerprint density at radius 2 is 2.07 bits per heavy atom. The molecule has 0 bridgehead atoms. The predicted octanol–water partition coefficient (Wildman–Crippen LogP) is 1.16. The third kappa shape index (κ3) is 2.59. The summed E-state index contributed by atoms with van der Waals surface area (Å²) >= 11 is 0. The molecule has 1 rings (SSSR count). The summed E-state index contributed by atoms with van der Waals surface area (Å²) in [6.07, 6.45) is 0. The number of halogens is 2. The Morgan fingerprint density at radius 3 is 2.64 bits per heavy atom. The number of hydrogen-bond acceptors (Lipinski definition) is 2. The lowest BCUT2D eigenvalue weighted by atomic mass is 10.3. The fraction of sp³-hybridized carbons (Fsp3) is 0.125. The average Bonchev–Trinajstić information content (AvgIpc) is 2.08. The molecule has 0 spiro atoms. The fourth-order valence-corrected chi connectivity index (χ4v) is 1.75. The highest BCUT2D eigenvalue weighted by molar-refractivity contribution is 7.85. The summed E-state index contributed by atoms with van der Waals surface area (Å²) in [7, 11) is -2.05. The molecule has 0 radical (unpaired) electrons. The van der Waals surface area contributed by atoms with Crippen molar-refractivity contribution >= 4 is 16.8 Å². The summed E-state index contributed by atoms with van der Waals surface area (Å²) in [5, 5.41) is 8.30. The van der Waals surface area contributed by atoms with E-state index in [9.17, 15) is 17.8 Å². The molecule has 0 saturated heterocycles. The average molecular weight is 220 g/mol. The zero-order chi connectivity index (χ0) is 10.7. The maximum absolute atomic E-state index is 12.9. The molecule has 0 saturated carbocycles. The van der Waals surface area contributed by atoms with Crippen molar-refractivity contribution in [3.8, 4) is 0 Å². The van der Waals surface area contributed by atoms with Gasteiger partial charge < -0.3 is 5.11 Å². The van der Waals surface area contributed by atoms with Crippen molar-refractivity contribution < 1.29 is 22.9 Å². The SMILES string of the molecule is O=C(O)CS(=O)c1cc(F)ccc1F. The molecule has 1 aromatic rings. The zero-order valence-corrected chi connectivity index (χ0v) is 7.68. The number of hydrogen-bond donors (Lipinski definition) is 1. The zero-order valence-electron chi connectivity index (χ0n) is 6.87. The van der Waals surface area contributed by atoms with Gasteiger partial charge >= 0.3 is 5.97 Å². The molecule has 0 fully saturated rings. The fourth-order valence-electron chi connectivity index (χ4n) is 0.842. The summed E-state index contributed by atoms with van der Waals surface area (Å²) in [4.78, 5) is 9.75. The standard InChI is InChI=1S/C8H6F2O3S/c9-5-1-2-6(10)7(3-5)14(13)4-8(11)12/h1-3H,4H2,(H,11,12). The first-order valence-corrected chi connectivity index (χ1v) is 4.88. The molecule has 1 unspecified atom stereocenters. The van der Waals surface area contributed by atoms with E-state index in [0.717, 1.165) is 18.2 Å². The quantitative estimate of drug-likeness (QED) is 0.831. The van der Waals surface area contributed by atoms with Crippen LogP contribution in [0.5, 0.6) is 0 Å². The number of carboxylic acids is 1. The van der Waals surface area contributed by atoms with Crippen molar-refractivity contribution in [2.75, 3.05) is 5.75 Å². The van der Waals surface area contributed by atoms with Crippen LogP contribution in [0.2, 0.25) is 0 Å². The third-order valence-corrected chi connectivity index (χ3v) is 2.71. The summed E-state index contributed by atoms with van der Waals surface area (Å²) in [5.41, 5.74) is 0. The van der Waals surface area contributed by atoms with Crippen LogP contribution >= 0.6 is 0 Å². The Bertz CT molecular complexity index is 392. The molecule has 0 aliphatic carbocycles. The van der Waals surface area contributed by atoms with Crippen LogP contribution in [-0.4, -0.2) is 21.0 Å². The largest absolute Gasteiger partial charge is 0.481 e. The van der Waals surface area contributed by atoms with Gasteiger partial charge in [0, 0.05) is 0 Å². The van der Waals surface area contributed by atoms with Crippen molar-refractivity contribution in [3.63, 3.8) is 0 Å². The van der Waals surface area contributed by atoms with Gasteiger partial charge in [-0.1, -0.05) is 0 Å². The lowest BCUT2D eigenvalue weighted by Crippen LogP contribution is -2.10. The lowest BCUT2D eigenvalue weighted by Gasteiger charge is -2.00. The van der Waals surface area contributed by atoms with Gasteiger partial charge in [-0.15, -0.1) is 0 Å². The number of benzene rings is 1. The number of aliphatic carboxylic acids is 1. The summed E-state index contributed by atoms with van der Waals surface area (Å²) in [6.45, 7) is 0. The molecule has 1 atom stereocenters. The van der Waals surface area contributed by atoms with Crippen molar-refractivity contribution in [2.45, 2.75) is 4.90 Å². The number of carboxylic acid groups (broad SMARTS) is 1. The molecule has 1 aromatic carbocycles. The second-order valence-corrected chi connectivity index (χ2v) is 3.88. The first-order valence-electron chi connectivity index (χ1n) is 3.56. The van der Waals surface area contributed by atoms with Crippen molar-refractivity contribution in [3.05, 3.63) is 29.8 Å². The molecule has 14 heavy (non-hydrogen) atoms. The van der Waals surface area contributed by atoms with Crippen LogP contribution in [0, 0.1) is 11.6 Å². The molecule has 6 heteroatoms. The van der Waals surface area contributed by atoms with Gasteiger partial charge in [-0.25, -0.2) is 8.78 Å². The van der Waals surface area contributed by atoms with Crippen molar-refractivity contribution in [1.29, 1.82) is 0 Å². The van der Waals surface area contributed by atoms with Crippen molar-refractivity contribution in [2.24, 2.45) is 0 Å². The van der Waals surface area contributed by atoms with Gasteiger partial charge in [-0.2, -0.15) is 0 Å². The molecule has 3 nitrogen and oxygen atoms in total. The van der Waals surface area contributed by atoms with Gasteiger partial charge in [-0.05, 0) is 18.2 Å². The summed E-state index contributed by atoms with van der Waals surface area (Å²) < 4.78 is 36.7. The summed E-state index contributed by atoms with van der Waals surface area (Å²) in [6, 6.07) is 2.41. The first kappa shape index (κ1) is 10.8. The van der Waals surface area contributed by atoms with E-state index in [1.807, 2.05) is 0 Å². The predicted molar refractivity (Wildman–Crippen MR) is 45.3 cm³/mol. The maximum atomic E-state index is 12.9. The molecule has 0 heterocycles. The van der Waals surface area contributed by atoms with Crippen LogP contribution in [0.15, 0.2) is 23.1 Å². The first-order chi connectivity index (χ1) is 6.50. The Kier molecular flexibility index (Phi) is 3.29. The van der Waals surface area contributed by atoms with Crippen LogP contribution in [0.1, 0.15) is 0 Å². The van der Waals surface area contributed by atoms with E-state index in [1.165, 1.54) is 0 Å². The normalized spacial score (nSPS) is 12.4. The highest BCUT2D eigenvalue weighted by Crippen LogP contribution is 2.13. The molecular weight excluding hydrogens is 214 g/mol. The molecule has 0 aliphatic heterocycles. The van der Waals surface area contributed by atoms with Gasteiger partial charge in [0.25, 0.3) is 0 Å². The second-order valence-electron chi connectivity index (χ2n) is 2.46. The van der Waals surface area contributed by atoms with E-state index in [0.29, 0.717) is 0 Å². The topological polar surface area (TPSA) is 54.4 Å². The van der Waals surface area contributed by atoms with Crippen LogP contribution in [0.3, 0.4) is 0 Å². The second kappa shape index (κ2) is 4.28. The highest BCUT2D eigenvalue weighted by Gasteiger charge is 2.14. The van der Waals surface area contributed by atoms with Crippen LogP contribution < -0.4 is 0 Å². The van der Waals surface area contributed by atoms with Crippen molar-refractivity contribution in [1.82, 2.24) is 0 Å². The van der Waals surface area contributed by atoms with Crippen LogP contribution in [0.25, 0.3) is 0 Å². The van der Waals surface area contributed by atoms with Gasteiger partial charge in [0.2, 0.25) is 0 Å². The minimum atomic E-state index is -2.05. The third-order valence-electron chi connectivity index (χ3n) is 1.39.